The van der Waals surface area contributed by atoms with E-state index in [0.29, 0.717) is 5.56 Å². The number of aromatic hydroxyl groups is 3. The summed E-state index contributed by atoms with van der Waals surface area (Å²) in [4.78, 5) is 15.5. The summed E-state index contributed by atoms with van der Waals surface area (Å²) in [6.45, 7) is 0.142. The molecule has 0 saturated heterocycles. The Kier molecular flexibility index (Phi) is 3.51. The van der Waals surface area contributed by atoms with E-state index < -0.39 is 5.91 Å². The van der Waals surface area contributed by atoms with Gasteiger partial charge in [-0.2, -0.15) is 0 Å². The maximum Gasteiger partial charge on any atom is 0.273 e. The predicted octanol–water partition coefficient (Wildman–Crippen LogP) is 1.13. The van der Waals surface area contributed by atoms with Crippen LogP contribution in [0.15, 0.2) is 36.5 Å². The Labute approximate surface area is 109 Å². The first kappa shape index (κ1) is 12.7. The van der Waals surface area contributed by atoms with E-state index >= 15 is 0 Å². The third-order valence-electron chi connectivity index (χ3n) is 2.49. The van der Waals surface area contributed by atoms with Crippen molar-refractivity contribution < 1.29 is 20.1 Å². The Balaban J connectivity index is 2.04. The van der Waals surface area contributed by atoms with Crippen molar-refractivity contribution >= 4 is 5.91 Å². The van der Waals surface area contributed by atoms with Crippen LogP contribution >= 0.6 is 0 Å². The second-order valence-corrected chi connectivity index (χ2v) is 3.88. The van der Waals surface area contributed by atoms with Crippen molar-refractivity contribution in [2.24, 2.45) is 0 Å². The molecule has 0 atom stereocenters. The van der Waals surface area contributed by atoms with Crippen LogP contribution in [0, 0.1) is 0 Å². The standard InChI is InChI=1S/C13H12N2O4/c16-9-4-3-8(6-11(9)18)7-15-13(19)12-10(17)2-1-5-14-12/h1-6,16-18H,7H2,(H,15,19). The molecule has 0 aliphatic heterocycles. The van der Waals surface area contributed by atoms with Gasteiger partial charge in [0.2, 0.25) is 0 Å². The highest BCUT2D eigenvalue weighted by Gasteiger charge is 2.11. The van der Waals surface area contributed by atoms with Gasteiger partial charge in [0.25, 0.3) is 5.91 Å². The quantitative estimate of drug-likeness (QED) is 0.619. The van der Waals surface area contributed by atoms with Crippen LogP contribution < -0.4 is 5.32 Å². The minimum atomic E-state index is -0.523. The second-order valence-electron chi connectivity index (χ2n) is 3.88. The molecular weight excluding hydrogens is 248 g/mol. The fraction of sp³-hybridized carbons (Fsp3) is 0.0769. The third kappa shape index (κ3) is 2.92. The summed E-state index contributed by atoms with van der Waals surface area (Å²) in [5.41, 5.74) is 0.546. The number of rotatable bonds is 3. The molecule has 98 valence electrons. The van der Waals surface area contributed by atoms with E-state index in [1.165, 1.54) is 30.5 Å². The summed E-state index contributed by atoms with van der Waals surface area (Å²) in [7, 11) is 0. The van der Waals surface area contributed by atoms with E-state index in [9.17, 15) is 15.0 Å². The molecule has 2 aromatic rings. The number of phenolic OH excluding ortho intramolecular Hbond substituents is 2. The number of nitrogens with one attached hydrogen (secondary N) is 1. The zero-order valence-electron chi connectivity index (χ0n) is 9.87. The molecule has 1 aromatic heterocycles. The van der Waals surface area contributed by atoms with Crippen LogP contribution in [0.5, 0.6) is 17.2 Å². The normalized spacial score (nSPS) is 10.1. The van der Waals surface area contributed by atoms with Gasteiger partial charge in [-0.05, 0) is 29.8 Å². The number of nitrogens with zero attached hydrogens (tertiary/aromatic N) is 1. The number of pyridine rings is 1. The minimum absolute atomic E-state index is 0.0644. The van der Waals surface area contributed by atoms with E-state index in [2.05, 4.69) is 10.3 Å². The lowest BCUT2D eigenvalue weighted by Crippen LogP contribution is -2.23. The van der Waals surface area contributed by atoms with Crippen molar-refractivity contribution in [3.05, 3.63) is 47.8 Å². The van der Waals surface area contributed by atoms with Gasteiger partial charge in [-0.1, -0.05) is 6.07 Å². The Morgan fingerprint density at radius 3 is 2.58 bits per heavy atom. The summed E-state index contributed by atoms with van der Waals surface area (Å²) < 4.78 is 0. The molecule has 0 saturated carbocycles. The van der Waals surface area contributed by atoms with Crippen LogP contribution in [0.1, 0.15) is 16.1 Å². The van der Waals surface area contributed by atoms with E-state index in [-0.39, 0.29) is 29.5 Å². The van der Waals surface area contributed by atoms with Crippen molar-refractivity contribution in [1.82, 2.24) is 10.3 Å². The van der Waals surface area contributed by atoms with Crippen LogP contribution in [0.2, 0.25) is 0 Å². The van der Waals surface area contributed by atoms with Gasteiger partial charge < -0.3 is 20.6 Å². The number of benzene rings is 1. The highest BCUT2D eigenvalue weighted by Crippen LogP contribution is 2.24. The lowest BCUT2D eigenvalue weighted by molar-refractivity contribution is 0.0943. The molecule has 0 spiro atoms. The molecule has 6 nitrogen and oxygen atoms in total. The summed E-state index contributed by atoms with van der Waals surface area (Å²) in [5.74, 6) is -1.20. The van der Waals surface area contributed by atoms with Gasteiger partial charge in [-0.25, -0.2) is 4.98 Å². The fourth-order valence-corrected chi connectivity index (χ4v) is 1.52. The van der Waals surface area contributed by atoms with E-state index in [1.807, 2.05) is 0 Å². The molecule has 0 unspecified atom stereocenters. The van der Waals surface area contributed by atoms with E-state index in [0.717, 1.165) is 0 Å². The average molecular weight is 260 g/mol. The van der Waals surface area contributed by atoms with Crippen LogP contribution in [0.4, 0.5) is 0 Å². The first-order valence-corrected chi connectivity index (χ1v) is 5.51. The molecule has 0 aliphatic carbocycles. The van der Waals surface area contributed by atoms with Gasteiger partial charge in [-0.3, -0.25) is 4.79 Å². The van der Waals surface area contributed by atoms with Gasteiger partial charge in [0.15, 0.2) is 17.2 Å². The zero-order chi connectivity index (χ0) is 13.8. The van der Waals surface area contributed by atoms with E-state index in [4.69, 9.17) is 5.11 Å². The molecule has 2 rings (SSSR count). The minimum Gasteiger partial charge on any atom is -0.505 e. The average Bonchev–Trinajstić information content (AvgIpc) is 2.40. The predicted molar refractivity (Wildman–Crippen MR) is 66.8 cm³/mol. The largest absolute Gasteiger partial charge is 0.505 e. The highest BCUT2D eigenvalue weighted by atomic mass is 16.3. The monoisotopic (exact) mass is 260 g/mol. The molecule has 19 heavy (non-hydrogen) atoms. The lowest BCUT2D eigenvalue weighted by atomic mass is 10.2. The second kappa shape index (κ2) is 5.26. The van der Waals surface area contributed by atoms with Gasteiger partial charge in [0.1, 0.15) is 5.75 Å². The van der Waals surface area contributed by atoms with Crippen molar-refractivity contribution in [3.63, 3.8) is 0 Å². The van der Waals surface area contributed by atoms with Gasteiger partial charge >= 0.3 is 0 Å². The third-order valence-corrected chi connectivity index (χ3v) is 2.49. The number of hydrogen-bond donors (Lipinski definition) is 4. The fourth-order valence-electron chi connectivity index (χ4n) is 1.52. The molecule has 1 amide bonds. The molecule has 6 heteroatoms. The molecule has 0 fully saturated rings. The maximum atomic E-state index is 11.7. The zero-order valence-corrected chi connectivity index (χ0v) is 9.87. The molecule has 1 aromatic carbocycles. The van der Waals surface area contributed by atoms with Gasteiger partial charge in [0.05, 0.1) is 0 Å². The molecule has 4 N–H and O–H groups in total. The highest BCUT2D eigenvalue weighted by molar-refractivity contribution is 5.94. The lowest BCUT2D eigenvalue weighted by Gasteiger charge is -2.07. The number of phenols is 2. The van der Waals surface area contributed by atoms with Crippen molar-refractivity contribution in [3.8, 4) is 17.2 Å². The maximum absolute atomic E-state index is 11.7. The Bertz CT molecular complexity index is 613. The number of aromatic nitrogens is 1. The van der Waals surface area contributed by atoms with Crippen LogP contribution in [0.3, 0.4) is 0 Å². The topological polar surface area (TPSA) is 103 Å². The Morgan fingerprint density at radius 1 is 1.11 bits per heavy atom. The van der Waals surface area contributed by atoms with Crippen molar-refractivity contribution in [1.29, 1.82) is 0 Å². The SMILES string of the molecule is O=C(NCc1ccc(O)c(O)c1)c1ncccc1O. The van der Waals surface area contributed by atoms with Crippen molar-refractivity contribution in [2.45, 2.75) is 6.54 Å². The van der Waals surface area contributed by atoms with Crippen LogP contribution in [-0.2, 0) is 6.54 Å². The summed E-state index contributed by atoms with van der Waals surface area (Å²) in [6, 6.07) is 7.12. The number of carbonyl (C=O) groups is 1. The smallest absolute Gasteiger partial charge is 0.273 e. The Hall–Kier alpha value is -2.76. The number of hydrogen-bond acceptors (Lipinski definition) is 5. The Morgan fingerprint density at radius 2 is 1.89 bits per heavy atom. The summed E-state index contributed by atoms with van der Waals surface area (Å²) in [6.07, 6.45) is 1.40. The molecule has 0 radical (unpaired) electrons. The first-order valence-electron chi connectivity index (χ1n) is 5.51. The number of amides is 1. The van der Waals surface area contributed by atoms with Crippen LogP contribution in [0.25, 0.3) is 0 Å². The molecule has 0 aliphatic rings. The van der Waals surface area contributed by atoms with Crippen molar-refractivity contribution in [2.75, 3.05) is 0 Å². The first-order chi connectivity index (χ1) is 9.08. The molecular formula is C13H12N2O4. The van der Waals surface area contributed by atoms with Gasteiger partial charge in [-0.15, -0.1) is 0 Å². The summed E-state index contributed by atoms with van der Waals surface area (Å²) >= 11 is 0. The van der Waals surface area contributed by atoms with Crippen LogP contribution in [-0.4, -0.2) is 26.2 Å². The summed E-state index contributed by atoms with van der Waals surface area (Å²) in [5, 5.41) is 30.5. The number of carbonyl (C=O) groups excluding carboxylic acids is 1. The van der Waals surface area contributed by atoms with E-state index in [1.54, 1.807) is 6.07 Å². The molecule has 1 heterocycles. The molecule has 0 bridgehead atoms. The van der Waals surface area contributed by atoms with Gasteiger partial charge in [0, 0.05) is 12.7 Å².